The van der Waals surface area contributed by atoms with E-state index in [9.17, 15) is 4.79 Å². The van der Waals surface area contributed by atoms with Crippen molar-refractivity contribution in [2.24, 2.45) is 0 Å². The van der Waals surface area contributed by atoms with E-state index in [0.29, 0.717) is 18.9 Å². The second-order valence-corrected chi connectivity index (χ2v) is 6.47. The zero-order chi connectivity index (χ0) is 19.1. The number of rotatable bonds is 9. The first kappa shape index (κ1) is 18.7. The van der Waals surface area contributed by atoms with E-state index in [1.807, 2.05) is 48.5 Å². The number of benzene rings is 2. The molecule has 0 spiro atoms. The molecule has 1 N–H and O–H groups in total. The van der Waals surface area contributed by atoms with Crippen LogP contribution in [-0.4, -0.2) is 36.4 Å². The van der Waals surface area contributed by atoms with Crippen molar-refractivity contribution >= 4 is 17.3 Å². The van der Waals surface area contributed by atoms with Gasteiger partial charge in [0.25, 0.3) is 0 Å². The molecule has 0 radical (unpaired) electrons. The average molecular weight is 385 g/mol. The first-order valence-electron chi connectivity index (χ1n) is 8.30. The molecule has 6 nitrogen and oxygen atoms in total. The standard InChI is InChI=1S/C20H19NO5S/c1-24-17-3-2-4-18(12-17)26-10-9-25-16-7-5-14(6-8-16)20-21-15(13-27-20)11-19(22)23/h2-8,12-13H,9-11H2,1H3,(H,22,23). The van der Waals surface area contributed by atoms with Crippen LogP contribution in [0.3, 0.4) is 0 Å². The summed E-state index contributed by atoms with van der Waals surface area (Å²) in [6.45, 7) is 0.830. The minimum atomic E-state index is -0.883. The van der Waals surface area contributed by atoms with E-state index in [1.165, 1.54) is 11.3 Å². The number of methoxy groups -OCH3 is 1. The highest BCUT2D eigenvalue weighted by molar-refractivity contribution is 7.13. The summed E-state index contributed by atoms with van der Waals surface area (Å²) < 4.78 is 16.5. The number of carboxylic acids is 1. The third-order valence-electron chi connectivity index (χ3n) is 3.65. The molecule has 3 rings (SSSR count). The molecule has 0 saturated carbocycles. The van der Waals surface area contributed by atoms with Gasteiger partial charge in [0.2, 0.25) is 0 Å². The minimum absolute atomic E-state index is 0.0645. The molecule has 0 bridgehead atoms. The van der Waals surface area contributed by atoms with Gasteiger partial charge < -0.3 is 19.3 Å². The van der Waals surface area contributed by atoms with Gasteiger partial charge in [-0.25, -0.2) is 4.98 Å². The van der Waals surface area contributed by atoms with Crippen molar-refractivity contribution in [3.05, 3.63) is 59.6 Å². The van der Waals surface area contributed by atoms with E-state index in [4.69, 9.17) is 19.3 Å². The van der Waals surface area contributed by atoms with Crippen molar-refractivity contribution in [1.82, 2.24) is 4.98 Å². The van der Waals surface area contributed by atoms with Crippen molar-refractivity contribution in [3.8, 4) is 27.8 Å². The van der Waals surface area contributed by atoms with Crippen molar-refractivity contribution in [3.63, 3.8) is 0 Å². The lowest BCUT2D eigenvalue weighted by molar-refractivity contribution is -0.136. The summed E-state index contributed by atoms with van der Waals surface area (Å²) in [5, 5.41) is 11.4. The SMILES string of the molecule is COc1cccc(OCCOc2ccc(-c3nc(CC(=O)O)cs3)cc2)c1. The Labute approximate surface area is 161 Å². The maximum atomic E-state index is 10.7. The molecule has 0 aliphatic carbocycles. The van der Waals surface area contributed by atoms with Gasteiger partial charge >= 0.3 is 5.97 Å². The van der Waals surface area contributed by atoms with Crippen LogP contribution in [0.2, 0.25) is 0 Å². The second-order valence-electron chi connectivity index (χ2n) is 5.61. The molecule has 0 atom stereocenters. The third-order valence-corrected chi connectivity index (χ3v) is 4.59. The van der Waals surface area contributed by atoms with Crippen LogP contribution in [-0.2, 0) is 11.2 Å². The number of nitrogens with zero attached hydrogens (tertiary/aromatic N) is 1. The van der Waals surface area contributed by atoms with Crippen LogP contribution in [0.1, 0.15) is 5.69 Å². The molecule has 0 unspecified atom stereocenters. The van der Waals surface area contributed by atoms with Crippen LogP contribution in [0.4, 0.5) is 0 Å². The number of carbonyl (C=O) groups is 1. The summed E-state index contributed by atoms with van der Waals surface area (Å²) in [7, 11) is 1.62. The first-order chi connectivity index (χ1) is 13.1. The highest BCUT2D eigenvalue weighted by Crippen LogP contribution is 2.26. The second kappa shape index (κ2) is 9.05. The molecule has 27 heavy (non-hydrogen) atoms. The Hall–Kier alpha value is -3.06. The Morgan fingerprint density at radius 2 is 1.74 bits per heavy atom. The Kier molecular flexibility index (Phi) is 6.27. The number of hydrogen-bond acceptors (Lipinski definition) is 6. The molecule has 140 valence electrons. The molecule has 0 fully saturated rings. The average Bonchev–Trinajstić information content (AvgIpc) is 3.13. The molecule has 7 heteroatoms. The topological polar surface area (TPSA) is 77.9 Å². The number of aromatic nitrogens is 1. The molecular weight excluding hydrogens is 366 g/mol. The fourth-order valence-electron chi connectivity index (χ4n) is 2.38. The first-order valence-corrected chi connectivity index (χ1v) is 9.18. The van der Waals surface area contributed by atoms with Gasteiger partial charge in [0.1, 0.15) is 35.5 Å². The lowest BCUT2D eigenvalue weighted by atomic mass is 10.2. The number of thiazole rings is 1. The van der Waals surface area contributed by atoms with Gasteiger partial charge in [0.05, 0.1) is 19.2 Å². The van der Waals surface area contributed by atoms with Gasteiger partial charge in [-0.2, -0.15) is 0 Å². The van der Waals surface area contributed by atoms with Crippen molar-refractivity contribution < 1.29 is 24.1 Å². The summed E-state index contributed by atoms with van der Waals surface area (Å²) in [6, 6.07) is 14.9. The predicted octanol–water partition coefficient (Wildman–Crippen LogP) is 3.90. The van der Waals surface area contributed by atoms with Crippen LogP contribution >= 0.6 is 11.3 Å². The number of ether oxygens (including phenoxy) is 3. The van der Waals surface area contributed by atoms with Gasteiger partial charge in [0.15, 0.2) is 0 Å². The van der Waals surface area contributed by atoms with Crippen LogP contribution < -0.4 is 14.2 Å². The minimum Gasteiger partial charge on any atom is -0.497 e. The molecule has 1 aromatic heterocycles. The number of carboxylic acid groups (broad SMARTS) is 1. The van der Waals surface area contributed by atoms with E-state index in [0.717, 1.165) is 27.8 Å². The van der Waals surface area contributed by atoms with E-state index in [2.05, 4.69) is 4.98 Å². The quantitative estimate of drug-likeness (QED) is 0.563. The maximum Gasteiger partial charge on any atom is 0.309 e. The van der Waals surface area contributed by atoms with Crippen molar-refractivity contribution in [2.45, 2.75) is 6.42 Å². The molecule has 1 heterocycles. The molecule has 0 aliphatic rings. The monoisotopic (exact) mass is 385 g/mol. The molecule has 3 aromatic rings. The fourth-order valence-corrected chi connectivity index (χ4v) is 3.21. The van der Waals surface area contributed by atoms with E-state index < -0.39 is 5.97 Å². The predicted molar refractivity (Wildman–Crippen MR) is 103 cm³/mol. The highest BCUT2D eigenvalue weighted by atomic mass is 32.1. The summed E-state index contributed by atoms with van der Waals surface area (Å²) >= 11 is 1.43. The largest absolute Gasteiger partial charge is 0.497 e. The van der Waals surface area contributed by atoms with Crippen LogP contribution in [0.15, 0.2) is 53.9 Å². The van der Waals surface area contributed by atoms with Crippen LogP contribution in [0.5, 0.6) is 17.2 Å². The smallest absolute Gasteiger partial charge is 0.309 e. The summed E-state index contributed by atoms with van der Waals surface area (Å²) in [4.78, 5) is 15.1. The van der Waals surface area contributed by atoms with Gasteiger partial charge in [0, 0.05) is 17.0 Å². The number of hydrogen-bond donors (Lipinski definition) is 1. The fraction of sp³-hybridized carbons (Fsp3) is 0.200. The Bertz CT molecular complexity index is 891. The van der Waals surface area contributed by atoms with E-state index in [1.54, 1.807) is 12.5 Å². The molecule has 0 aliphatic heterocycles. The third kappa shape index (κ3) is 5.46. The molecule has 0 saturated heterocycles. The molecule has 2 aromatic carbocycles. The number of aliphatic carboxylic acids is 1. The van der Waals surface area contributed by atoms with E-state index in [-0.39, 0.29) is 6.42 Å². The van der Waals surface area contributed by atoms with Crippen LogP contribution in [0, 0.1) is 0 Å². The normalized spacial score (nSPS) is 10.4. The van der Waals surface area contributed by atoms with E-state index >= 15 is 0 Å². The Morgan fingerprint density at radius 3 is 2.44 bits per heavy atom. The van der Waals surface area contributed by atoms with Gasteiger partial charge in [-0.3, -0.25) is 4.79 Å². The zero-order valence-electron chi connectivity index (χ0n) is 14.8. The van der Waals surface area contributed by atoms with Crippen molar-refractivity contribution in [2.75, 3.05) is 20.3 Å². The molecular formula is C20H19NO5S. The molecule has 0 amide bonds. The lowest BCUT2D eigenvalue weighted by Gasteiger charge is -2.09. The maximum absolute atomic E-state index is 10.7. The summed E-state index contributed by atoms with van der Waals surface area (Å²) in [5.41, 5.74) is 1.49. The van der Waals surface area contributed by atoms with Crippen molar-refractivity contribution in [1.29, 1.82) is 0 Å². The Balaban J connectivity index is 1.49. The lowest BCUT2D eigenvalue weighted by Crippen LogP contribution is -2.08. The summed E-state index contributed by atoms with van der Waals surface area (Å²) in [5.74, 6) is 1.33. The zero-order valence-corrected chi connectivity index (χ0v) is 15.6. The van der Waals surface area contributed by atoms with Crippen LogP contribution in [0.25, 0.3) is 10.6 Å². The Morgan fingerprint density at radius 1 is 1.04 bits per heavy atom. The van der Waals surface area contributed by atoms with Gasteiger partial charge in [-0.15, -0.1) is 11.3 Å². The highest BCUT2D eigenvalue weighted by Gasteiger charge is 2.08. The van der Waals surface area contributed by atoms with Gasteiger partial charge in [-0.05, 0) is 36.4 Å². The summed E-state index contributed by atoms with van der Waals surface area (Å²) in [6.07, 6.45) is -0.0645. The van der Waals surface area contributed by atoms with Gasteiger partial charge in [-0.1, -0.05) is 6.07 Å².